The van der Waals surface area contributed by atoms with Gasteiger partial charge in [0.1, 0.15) is 11.6 Å². The molecule has 0 spiro atoms. The van der Waals surface area contributed by atoms with Gasteiger partial charge in [0.2, 0.25) is 6.29 Å². The van der Waals surface area contributed by atoms with Crippen LogP contribution in [0.15, 0.2) is 25.3 Å². The van der Waals surface area contributed by atoms with Gasteiger partial charge in [-0.15, -0.1) is 13.2 Å². The molecule has 0 aliphatic heterocycles. The van der Waals surface area contributed by atoms with Gasteiger partial charge in [-0.1, -0.05) is 12.2 Å². The van der Waals surface area contributed by atoms with Crippen LogP contribution in [0.3, 0.4) is 0 Å². The van der Waals surface area contributed by atoms with Gasteiger partial charge in [0, 0.05) is 6.54 Å². The third-order valence-electron chi connectivity index (χ3n) is 1.63. The van der Waals surface area contributed by atoms with E-state index in [9.17, 15) is 9.59 Å². The lowest BCUT2D eigenvalue weighted by Gasteiger charge is -2.28. The normalized spacial score (nSPS) is 12.4. The predicted octanol–water partition coefficient (Wildman–Crippen LogP) is 2.07. The molecule has 4 heteroatoms. The van der Waals surface area contributed by atoms with Crippen molar-refractivity contribution in [3.8, 4) is 0 Å². The van der Waals surface area contributed by atoms with Crippen molar-refractivity contribution in [2.45, 2.75) is 32.4 Å². The van der Waals surface area contributed by atoms with E-state index in [2.05, 4.69) is 13.2 Å². The largest absolute Gasteiger partial charge is 0.444 e. The molecule has 16 heavy (non-hydrogen) atoms. The van der Waals surface area contributed by atoms with E-state index in [1.807, 2.05) is 0 Å². The molecule has 1 atom stereocenters. The first-order valence-electron chi connectivity index (χ1n) is 4.96. The fourth-order valence-corrected chi connectivity index (χ4v) is 1.00. The van der Waals surface area contributed by atoms with E-state index in [1.54, 1.807) is 27.1 Å². The maximum Gasteiger partial charge on any atom is 0.411 e. The third-order valence-corrected chi connectivity index (χ3v) is 1.63. The second-order valence-electron chi connectivity index (χ2n) is 4.22. The lowest BCUT2D eigenvalue weighted by Crippen LogP contribution is -2.43. The van der Waals surface area contributed by atoms with E-state index in [1.165, 1.54) is 17.1 Å². The first-order chi connectivity index (χ1) is 7.35. The van der Waals surface area contributed by atoms with Crippen molar-refractivity contribution in [3.63, 3.8) is 0 Å². The van der Waals surface area contributed by atoms with Crippen LogP contribution in [0.1, 0.15) is 20.8 Å². The van der Waals surface area contributed by atoms with Crippen molar-refractivity contribution in [2.24, 2.45) is 0 Å². The fraction of sp³-hybridized carbons (Fsp3) is 0.500. The van der Waals surface area contributed by atoms with Crippen molar-refractivity contribution in [1.82, 2.24) is 4.90 Å². The molecule has 0 aromatic rings. The molecule has 0 bridgehead atoms. The Morgan fingerprint density at radius 1 is 1.50 bits per heavy atom. The van der Waals surface area contributed by atoms with E-state index in [4.69, 9.17) is 4.74 Å². The average molecular weight is 224 g/mol. The maximum absolute atomic E-state index is 11.7. The van der Waals surface area contributed by atoms with Gasteiger partial charge >= 0.3 is 6.09 Å². The van der Waals surface area contributed by atoms with Crippen LogP contribution in [0.2, 0.25) is 0 Å². The molecule has 0 N–H and O–H groups in total. The summed E-state index contributed by atoms with van der Waals surface area (Å²) in [5, 5.41) is 0. The van der Waals surface area contributed by atoms with E-state index in [0.717, 1.165) is 0 Å². The number of hydrogen-bond acceptors (Lipinski definition) is 3. The zero-order valence-electron chi connectivity index (χ0n) is 10.0. The van der Waals surface area contributed by atoms with Crippen molar-refractivity contribution in [1.29, 1.82) is 0 Å². The zero-order chi connectivity index (χ0) is 12.8. The van der Waals surface area contributed by atoms with Gasteiger partial charge in [-0.05, 0) is 20.8 Å². The van der Waals surface area contributed by atoms with Crippen molar-refractivity contribution >= 4 is 12.4 Å². The van der Waals surface area contributed by atoms with Crippen LogP contribution < -0.4 is 0 Å². The molecule has 0 aromatic heterocycles. The molecular weight excluding hydrogens is 206 g/mol. The number of rotatable bonds is 5. The Morgan fingerprint density at radius 3 is 2.38 bits per heavy atom. The number of carbonyl (C=O) groups is 1. The standard InChI is InChI=1S/C12H18NO3/c1-6-8-13(10(7-2)9-14)11(15)16-12(3,4)5/h6-7,10H,1-2,8H2,3-5H3. The van der Waals surface area contributed by atoms with Gasteiger partial charge < -0.3 is 4.74 Å². The minimum absolute atomic E-state index is 0.209. The highest BCUT2D eigenvalue weighted by Crippen LogP contribution is 2.11. The van der Waals surface area contributed by atoms with Gasteiger partial charge in [-0.3, -0.25) is 9.69 Å². The Bertz CT molecular complexity index is 270. The lowest BCUT2D eigenvalue weighted by atomic mass is 10.2. The van der Waals surface area contributed by atoms with Gasteiger partial charge in [0.25, 0.3) is 0 Å². The van der Waals surface area contributed by atoms with Crippen LogP contribution in [0.25, 0.3) is 0 Å². The first-order valence-corrected chi connectivity index (χ1v) is 4.96. The number of hydrogen-bond donors (Lipinski definition) is 0. The topological polar surface area (TPSA) is 46.6 Å². The van der Waals surface area contributed by atoms with Gasteiger partial charge in [0.15, 0.2) is 0 Å². The van der Waals surface area contributed by atoms with Gasteiger partial charge in [-0.2, -0.15) is 0 Å². The highest BCUT2D eigenvalue weighted by atomic mass is 16.6. The minimum atomic E-state index is -0.812. The van der Waals surface area contributed by atoms with Crippen LogP contribution in [0, 0.1) is 0 Å². The molecule has 0 saturated heterocycles. The summed E-state index contributed by atoms with van der Waals surface area (Å²) in [6, 6.07) is -0.812. The summed E-state index contributed by atoms with van der Waals surface area (Å²) >= 11 is 0. The number of carbonyl (C=O) groups excluding carboxylic acids is 2. The summed E-state index contributed by atoms with van der Waals surface area (Å²) in [5.74, 6) is 0. The van der Waals surface area contributed by atoms with Crippen molar-refractivity contribution in [3.05, 3.63) is 25.3 Å². The molecule has 0 saturated carbocycles. The molecule has 0 fully saturated rings. The fourth-order valence-electron chi connectivity index (χ4n) is 1.00. The molecule has 0 heterocycles. The SMILES string of the molecule is C=CCN(C(=O)OC(C)(C)C)C([C]=O)C=C. The molecule has 0 aliphatic rings. The Balaban J connectivity index is 4.76. The molecule has 1 amide bonds. The zero-order valence-corrected chi connectivity index (χ0v) is 10.0. The Labute approximate surface area is 96.6 Å². The quantitative estimate of drug-likeness (QED) is 0.672. The van der Waals surface area contributed by atoms with Crippen molar-refractivity contribution < 1.29 is 14.3 Å². The molecule has 1 radical (unpaired) electrons. The molecule has 0 aliphatic carbocycles. The molecule has 0 aromatic carbocycles. The summed E-state index contributed by atoms with van der Waals surface area (Å²) < 4.78 is 5.15. The van der Waals surface area contributed by atoms with Crippen LogP contribution in [0.5, 0.6) is 0 Å². The summed E-state index contributed by atoms with van der Waals surface area (Å²) in [7, 11) is 0. The summed E-state index contributed by atoms with van der Waals surface area (Å²) in [4.78, 5) is 23.6. The highest BCUT2D eigenvalue weighted by Gasteiger charge is 2.25. The average Bonchev–Trinajstić information content (AvgIpc) is 2.15. The minimum Gasteiger partial charge on any atom is -0.444 e. The van der Waals surface area contributed by atoms with E-state index in [-0.39, 0.29) is 6.54 Å². The van der Waals surface area contributed by atoms with Gasteiger partial charge in [0.05, 0.1) is 0 Å². The second kappa shape index (κ2) is 6.10. The number of amides is 1. The third kappa shape index (κ3) is 4.77. The summed E-state index contributed by atoms with van der Waals surface area (Å²) in [5.41, 5.74) is -0.606. The van der Waals surface area contributed by atoms with Crippen LogP contribution in [-0.2, 0) is 9.53 Å². The Morgan fingerprint density at radius 2 is 2.06 bits per heavy atom. The van der Waals surface area contributed by atoms with E-state index < -0.39 is 17.7 Å². The predicted molar refractivity (Wildman–Crippen MR) is 62.8 cm³/mol. The summed E-state index contributed by atoms with van der Waals surface area (Å²) in [6.07, 6.45) is 3.98. The number of nitrogens with zero attached hydrogens (tertiary/aromatic N) is 1. The van der Waals surface area contributed by atoms with E-state index >= 15 is 0 Å². The number of ether oxygens (including phenoxy) is 1. The van der Waals surface area contributed by atoms with Crippen LogP contribution in [0.4, 0.5) is 4.79 Å². The van der Waals surface area contributed by atoms with Crippen LogP contribution in [-0.4, -0.2) is 35.5 Å². The Kier molecular flexibility index (Phi) is 5.50. The first kappa shape index (κ1) is 14.4. The summed E-state index contributed by atoms with van der Waals surface area (Å²) in [6.45, 7) is 12.5. The van der Waals surface area contributed by atoms with Gasteiger partial charge in [-0.25, -0.2) is 4.79 Å². The Hall–Kier alpha value is -1.58. The highest BCUT2D eigenvalue weighted by molar-refractivity contribution is 5.75. The second-order valence-corrected chi connectivity index (χ2v) is 4.22. The van der Waals surface area contributed by atoms with Crippen molar-refractivity contribution in [2.75, 3.05) is 6.54 Å². The maximum atomic E-state index is 11.7. The van der Waals surface area contributed by atoms with E-state index in [0.29, 0.717) is 0 Å². The molecule has 0 rings (SSSR count). The van der Waals surface area contributed by atoms with Crippen LogP contribution >= 0.6 is 0 Å². The smallest absolute Gasteiger partial charge is 0.411 e. The monoisotopic (exact) mass is 224 g/mol. The molecule has 4 nitrogen and oxygen atoms in total. The molecular formula is C12H18NO3. The lowest BCUT2D eigenvalue weighted by molar-refractivity contribution is 0.0262. The molecule has 1 unspecified atom stereocenters. The molecule has 89 valence electrons.